The van der Waals surface area contributed by atoms with Crippen molar-refractivity contribution in [2.24, 2.45) is 0 Å². The van der Waals surface area contributed by atoms with E-state index in [2.05, 4.69) is 10.6 Å². The monoisotopic (exact) mass is 287 g/mol. The van der Waals surface area contributed by atoms with E-state index in [0.29, 0.717) is 13.0 Å². The van der Waals surface area contributed by atoms with Gasteiger partial charge in [0.25, 0.3) is 0 Å². The van der Waals surface area contributed by atoms with Gasteiger partial charge in [0, 0.05) is 26.1 Å². The van der Waals surface area contributed by atoms with E-state index in [0.717, 1.165) is 12.8 Å². The van der Waals surface area contributed by atoms with Crippen molar-refractivity contribution in [2.45, 2.75) is 45.6 Å². The van der Waals surface area contributed by atoms with Crippen molar-refractivity contribution < 1.29 is 19.5 Å². The van der Waals surface area contributed by atoms with Gasteiger partial charge in [-0.1, -0.05) is 6.42 Å². The summed E-state index contributed by atoms with van der Waals surface area (Å²) in [6.07, 6.45) is 2.25. The van der Waals surface area contributed by atoms with E-state index in [9.17, 15) is 14.4 Å². The maximum atomic E-state index is 11.6. The van der Waals surface area contributed by atoms with Crippen LogP contribution in [0.4, 0.5) is 4.79 Å². The molecular weight excluding hydrogens is 262 g/mol. The van der Waals surface area contributed by atoms with Gasteiger partial charge in [-0.15, -0.1) is 0 Å². The van der Waals surface area contributed by atoms with Crippen molar-refractivity contribution in [3.05, 3.63) is 0 Å². The first-order chi connectivity index (χ1) is 9.32. The van der Waals surface area contributed by atoms with Gasteiger partial charge in [0.05, 0.1) is 0 Å². The molecule has 0 unspecified atom stereocenters. The first-order valence-corrected chi connectivity index (χ1v) is 6.83. The lowest BCUT2D eigenvalue weighted by atomic mass is 10.2. The first-order valence-electron chi connectivity index (χ1n) is 6.83. The highest BCUT2D eigenvalue weighted by molar-refractivity contribution is 5.83. The number of carboxylic acid groups (broad SMARTS) is 1. The second-order valence-electron chi connectivity index (χ2n) is 5.01. The third-order valence-electron chi connectivity index (χ3n) is 2.52. The Kier molecular flexibility index (Phi) is 9.15. The zero-order valence-electron chi connectivity index (χ0n) is 12.4. The molecular formula is C13H25N3O4. The van der Waals surface area contributed by atoms with Crippen LogP contribution in [0.5, 0.6) is 0 Å². The van der Waals surface area contributed by atoms with Crippen LogP contribution in [0.2, 0.25) is 0 Å². The van der Waals surface area contributed by atoms with Gasteiger partial charge in [-0.3, -0.25) is 9.59 Å². The highest BCUT2D eigenvalue weighted by Crippen LogP contribution is 1.98. The molecule has 0 rings (SSSR count). The Morgan fingerprint density at radius 2 is 1.80 bits per heavy atom. The van der Waals surface area contributed by atoms with Crippen LogP contribution in [0.25, 0.3) is 0 Å². The standard InChI is InChI=1S/C13H25N3O4/c1-10(2)15-11(17)9-16(3)13(20)14-8-6-4-5-7-12(18)19/h10H,4-9H2,1-3H3,(H,14,20)(H,15,17)(H,18,19). The molecule has 0 saturated heterocycles. The Balaban J connectivity index is 3.70. The van der Waals surface area contributed by atoms with Crippen LogP contribution in [-0.2, 0) is 9.59 Å². The average molecular weight is 287 g/mol. The zero-order chi connectivity index (χ0) is 15.5. The molecule has 116 valence electrons. The Bertz CT molecular complexity index is 332. The number of rotatable bonds is 9. The van der Waals surface area contributed by atoms with Gasteiger partial charge in [-0.05, 0) is 26.7 Å². The van der Waals surface area contributed by atoms with Crippen LogP contribution in [0.1, 0.15) is 39.5 Å². The number of likely N-dealkylation sites (N-methyl/N-ethyl adjacent to an activating group) is 1. The van der Waals surface area contributed by atoms with E-state index in [1.54, 1.807) is 7.05 Å². The molecule has 0 fully saturated rings. The van der Waals surface area contributed by atoms with E-state index < -0.39 is 5.97 Å². The van der Waals surface area contributed by atoms with Crippen LogP contribution < -0.4 is 10.6 Å². The summed E-state index contributed by atoms with van der Waals surface area (Å²) >= 11 is 0. The number of carbonyl (C=O) groups is 3. The number of nitrogens with one attached hydrogen (secondary N) is 2. The SMILES string of the molecule is CC(C)NC(=O)CN(C)C(=O)NCCCCCC(=O)O. The van der Waals surface area contributed by atoms with E-state index in [4.69, 9.17) is 5.11 Å². The summed E-state index contributed by atoms with van der Waals surface area (Å²) in [6, 6.07) is -0.254. The zero-order valence-corrected chi connectivity index (χ0v) is 12.4. The van der Waals surface area contributed by atoms with E-state index in [-0.39, 0.29) is 30.9 Å². The molecule has 0 atom stereocenters. The first kappa shape index (κ1) is 18.2. The van der Waals surface area contributed by atoms with Crippen LogP contribution >= 0.6 is 0 Å². The van der Waals surface area contributed by atoms with Gasteiger partial charge >= 0.3 is 12.0 Å². The predicted molar refractivity (Wildman–Crippen MR) is 75.4 cm³/mol. The molecule has 0 bridgehead atoms. The van der Waals surface area contributed by atoms with Crippen molar-refractivity contribution in [3.63, 3.8) is 0 Å². The van der Waals surface area contributed by atoms with E-state index >= 15 is 0 Å². The number of aliphatic carboxylic acids is 1. The maximum absolute atomic E-state index is 11.6. The lowest BCUT2D eigenvalue weighted by Crippen LogP contribution is -2.44. The fourth-order valence-electron chi connectivity index (χ4n) is 1.56. The highest BCUT2D eigenvalue weighted by atomic mass is 16.4. The number of nitrogens with zero attached hydrogens (tertiary/aromatic N) is 1. The number of hydrogen-bond donors (Lipinski definition) is 3. The average Bonchev–Trinajstić information content (AvgIpc) is 2.31. The Hall–Kier alpha value is -1.79. The number of urea groups is 1. The Labute approximate surface area is 119 Å². The molecule has 0 aromatic rings. The second kappa shape index (κ2) is 10.1. The Morgan fingerprint density at radius 3 is 2.35 bits per heavy atom. The smallest absolute Gasteiger partial charge is 0.317 e. The maximum Gasteiger partial charge on any atom is 0.317 e. The number of carboxylic acids is 1. The van der Waals surface area contributed by atoms with Crippen molar-refractivity contribution in [1.29, 1.82) is 0 Å². The quantitative estimate of drug-likeness (QED) is 0.546. The van der Waals surface area contributed by atoms with E-state index in [1.165, 1.54) is 4.90 Å². The molecule has 7 nitrogen and oxygen atoms in total. The highest BCUT2D eigenvalue weighted by Gasteiger charge is 2.12. The summed E-state index contributed by atoms with van der Waals surface area (Å²) in [6.45, 7) is 4.21. The Morgan fingerprint density at radius 1 is 1.15 bits per heavy atom. The molecule has 0 heterocycles. The van der Waals surface area contributed by atoms with Crippen molar-refractivity contribution in [3.8, 4) is 0 Å². The molecule has 0 aromatic heterocycles. The van der Waals surface area contributed by atoms with Crippen LogP contribution in [0.15, 0.2) is 0 Å². The predicted octanol–water partition coefficient (Wildman–Crippen LogP) is 0.797. The number of amides is 3. The van der Waals surface area contributed by atoms with Crippen LogP contribution in [0, 0.1) is 0 Å². The fraction of sp³-hybridized carbons (Fsp3) is 0.769. The number of unbranched alkanes of at least 4 members (excludes halogenated alkanes) is 2. The lowest BCUT2D eigenvalue weighted by Gasteiger charge is -2.18. The van der Waals surface area contributed by atoms with Gasteiger partial charge in [-0.2, -0.15) is 0 Å². The molecule has 0 aliphatic carbocycles. The normalized spacial score (nSPS) is 10.2. The second-order valence-corrected chi connectivity index (χ2v) is 5.01. The van der Waals surface area contributed by atoms with Crippen molar-refractivity contribution in [1.82, 2.24) is 15.5 Å². The minimum absolute atomic E-state index is 0.0169. The molecule has 20 heavy (non-hydrogen) atoms. The molecule has 0 aromatic carbocycles. The van der Waals surface area contributed by atoms with Crippen LogP contribution in [-0.4, -0.2) is 54.1 Å². The molecule has 0 aliphatic rings. The van der Waals surface area contributed by atoms with E-state index in [1.807, 2.05) is 13.8 Å². The fourth-order valence-corrected chi connectivity index (χ4v) is 1.56. The third-order valence-corrected chi connectivity index (χ3v) is 2.52. The molecule has 0 aliphatic heterocycles. The third kappa shape index (κ3) is 10.2. The molecule has 0 spiro atoms. The number of hydrogen-bond acceptors (Lipinski definition) is 3. The van der Waals surface area contributed by atoms with Gasteiger partial charge < -0.3 is 20.6 Å². The lowest BCUT2D eigenvalue weighted by molar-refractivity contribution is -0.137. The summed E-state index contributed by atoms with van der Waals surface area (Å²) in [4.78, 5) is 34.7. The van der Waals surface area contributed by atoms with Crippen LogP contribution in [0.3, 0.4) is 0 Å². The van der Waals surface area contributed by atoms with Gasteiger partial charge in [0.15, 0.2) is 0 Å². The largest absolute Gasteiger partial charge is 0.481 e. The summed E-state index contributed by atoms with van der Waals surface area (Å²) in [5.41, 5.74) is 0. The summed E-state index contributed by atoms with van der Waals surface area (Å²) in [5.74, 6) is -0.996. The summed E-state index contributed by atoms with van der Waals surface area (Å²) in [5, 5.41) is 13.9. The van der Waals surface area contributed by atoms with Crippen molar-refractivity contribution >= 4 is 17.9 Å². The van der Waals surface area contributed by atoms with Gasteiger partial charge in [0.1, 0.15) is 6.54 Å². The summed E-state index contributed by atoms with van der Waals surface area (Å²) < 4.78 is 0. The van der Waals surface area contributed by atoms with Gasteiger partial charge in [-0.25, -0.2) is 4.79 Å². The number of carbonyl (C=O) groups excluding carboxylic acids is 2. The molecule has 3 N–H and O–H groups in total. The van der Waals surface area contributed by atoms with Crippen molar-refractivity contribution in [2.75, 3.05) is 20.1 Å². The topological polar surface area (TPSA) is 98.7 Å². The summed E-state index contributed by atoms with van der Waals surface area (Å²) in [7, 11) is 1.56. The molecule has 0 radical (unpaired) electrons. The molecule has 0 saturated carbocycles. The molecule has 7 heteroatoms. The van der Waals surface area contributed by atoms with Gasteiger partial charge in [0.2, 0.25) is 5.91 Å². The molecule has 3 amide bonds. The minimum Gasteiger partial charge on any atom is -0.481 e. The minimum atomic E-state index is -0.801.